The molecule has 1 aromatic heterocycles. The Kier molecular flexibility index (Phi) is 5.17. The molecule has 0 radical (unpaired) electrons. The highest BCUT2D eigenvalue weighted by Crippen LogP contribution is 2.17. The Labute approximate surface area is 150 Å². The van der Waals surface area contributed by atoms with E-state index in [9.17, 15) is 9.59 Å². The topological polar surface area (TPSA) is 96.1 Å². The fourth-order valence-electron chi connectivity index (χ4n) is 2.65. The lowest BCUT2D eigenvalue weighted by Gasteiger charge is -2.14. The highest BCUT2D eigenvalue weighted by atomic mass is 16.5. The monoisotopic (exact) mass is 352 g/mol. The lowest BCUT2D eigenvalue weighted by atomic mass is 10.2. The van der Waals surface area contributed by atoms with Crippen LogP contribution in [0.4, 0.5) is 0 Å². The first-order valence-electron chi connectivity index (χ1n) is 8.23. The van der Waals surface area contributed by atoms with E-state index in [0.717, 1.165) is 11.1 Å². The molecule has 0 saturated carbocycles. The fourth-order valence-corrected chi connectivity index (χ4v) is 2.65. The zero-order valence-corrected chi connectivity index (χ0v) is 14.6. The van der Waals surface area contributed by atoms with Crippen LogP contribution in [-0.4, -0.2) is 35.2 Å². The third-order valence-corrected chi connectivity index (χ3v) is 4.07. The van der Waals surface area contributed by atoms with E-state index in [4.69, 9.17) is 4.74 Å². The van der Waals surface area contributed by atoms with Crippen LogP contribution in [0.1, 0.15) is 23.0 Å². The van der Waals surface area contributed by atoms with E-state index in [0.29, 0.717) is 17.7 Å². The summed E-state index contributed by atoms with van der Waals surface area (Å²) < 4.78 is 5.26. The summed E-state index contributed by atoms with van der Waals surface area (Å²) in [6.07, 6.45) is 0. The zero-order chi connectivity index (χ0) is 18.5. The molecule has 7 nitrogen and oxygen atoms in total. The predicted molar refractivity (Wildman–Crippen MR) is 97.9 cm³/mol. The molecule has 2 aromatic carbocycles. The van der Waals surface area contributed by atoms with E-state index < -0.39 is 11.9 Å². The maximum Gasteiger partial charge on any atom is 0.273 e. The summed E-state index contributed by atoms with van der Waals surface area (Å²) in [6, 6.07) is 14.1. The van der Waals surface area contributed by atoms with Crippen LogP contribution in [0.2, 0.25) is 0 Å². The molecule has 26 heavy (non-hydrogen) atoms. The quantitative estimate of drug-likeness (QED) is 0.632. The fraction of sp³-hybridized carbons (Fsp3) is 0.211. The molecule has 0 aliphatic carbocycles. The summed E-state index contributed by atoms with van der Waals surface area (Å²) in [5, 5.41) is 13.0. The molecule has 0 bridgehead atoms. The Morgan fingerprint density at radius 3 is 2.69 bits per heavy atom. The summed E-state index contributed by atoms with van der Waals surface area (Å²) >= 11 is 0. The van der Waals surface area contributed by atoms with Gasteiger partial charge in [0.25, 0.3) is 5.91 Å². The van der Waals surface area contributed by atoms with Crippen molar-refractivity contribution >= 4 is 22.7 Å². The highest BCUT2D eigenvalue weighted by Gasteiger charge is 2.20. The number of hydrogen-bond acceptors (Lipinski definition) is 4. The SMILES string of the molecule is COc1ccccc1CNC(=O)C(C)NC(=O)c1n[nH]c2ccccc12. The molecule has 0 spiro atoms. The molecule has 2 amide bonds. The number of nitrogens with zero attached hydrogens (tertiary/aromatic N) is 1. The van der Waals surface area contributed by atoms with E-state index in [1.807, 2.05) is 42.5 Å². The molecule has 134 valence electrons. The number of nitrogens with one attached hydrogen (secondary N) is 3. The van der Waals surface area contributed by atoms with Crippen LogP contribution in [0.5, 0.6) is 5.75 Å². The number of rotatable bonds is 6. The van der Waals surface area contributed by atoms with Gasteiger partial charge in [0.1, 0.15) is 11.8 Å². The number of aromatic amines is 1. The van der Waals surface area contributed by atoms with Gasteiger partial charge in [0.05, 0.1) is 12.6 Å². The summed E-state index contributed by atoms with van der Waals surface area (Å²) in [5.74, 6) is 0.0129. The van der Waals surface area contributed by atoms with Crippen LogP contribution >= 0.6 is 0 Å². The van der Waals surface area contributed by atoms with E-state index in [1.165, 1.54) is 0 Å². The first kappa shape index (κ1) is 17.5. The number of hydrogen-bond donors (Lipinski definition) is 3. The number of benzene rings is 2. The van der Waals surface area contributed by atoms with E-state index in [-0.39, 0.29) is 11.6 Å². The van der Waals surface area contributed by atoms with Gasteiger partial charge in [-0.05, 0) is 19.1 Å². The van der Waals surface area contributed by atoms with Crippen molar-refractivity contribution in [2.24, 2.45) is 0 Å². The number of methoxy groups -OCH3 is 1. The van der Waals surface area contributed by atoms with Gasteiger partial charge in [-0.1, -0.05) is 36.4 Å². The minimum atomic E-state index is -0.701. The summed E-state index contributed by atoms with van der Waals surface area (Å²) in [4.78, 5) is 24.7. The average Bonchev–Trinajstić information content (AvgIpc) is 3.10. The van der Waals surface area contributed by atoms with Gasteiger partial charge >= 0.3 is 0 Å². The summed E-state index contributed by atoms with van der Waals surface area (Å²) in [7, 11) is 1.58. The second-order valence-electron chi connectivity index (χ2n) is 5.84. The van der Waals surface area contributed by atoms with E-state index in [2.05, 4.69) is 20.8 Å². The molecule has 7 heteroatoms. The molecule has 0 saturated heterocycles. The molecule has 0 aliphatic heterocycles. The van der Waals surface area contributed by atoms with Gasteiger partial charge in [-0.15, -0.1) is 0 Å². The van der Waals surface area contributed by atoms with Crippen LogP contribution in [-0.2, 0) is 11.3 Å². The third-order valence-electron chi connectivity index (χ3n) is 4.07. The van der Waals surface area contributed by atoms with Crippen LogP contribution in [0, 0.1) is 0 Å². The molecule has 1 heterocycles. The van der Waals surface area contributed by atoms with Crippen molar-refractivity contribution < 1.29 is 14.3 Å². The molecule has 1 unspecified atom stereocenters. The number of carbonyl (C=O) groups excluding carboxylic acids is 2. The smallest absolute Gasteiger partial charge is 0.273 e. The maximum absolute atomic E-state index is 12.4. The van der Waals surface area contributed by atoms with Gasteiger partial charge in [0, 0.05) is 17.5 Å². The first-order valence-corrected chi connectivity index (χ1v) is 8.23. The number of amides is 2. The Bertz CT molecular complexity index is 935. The number of ether oxygens (including phenoxy) is 1. The molecule has 3 rings (SSSR count). The van der Waals surface area contributed by atoms with Crippen LogP contribution < -0.4 is 15.4 Å². The van der Waals surface area contributed by atoms with Gasteiger partial charge in [-0.3, -0.25) is 14.7 Å². The molecule has 0 fully saturated rings. The lowest BCUT2D eigenvalue weighted by molar-refractivity contribution is -0.122. The highest BCUT2D eigenvalue weighted by molar-refractivity contribution is 6.05. The minimum absolute atomic E-state index is 0.268. The van der Waals surface area contributed by atoms with Crippen LogP contribution in [0.3, 0.4) is 0 Å². The second-order valence-corrected chi connectivity index (χ2v) is 5.84. The van der Waals surface area contributed by atoms with Crippen molar-refractivity contribution in [3.8, 4) is 5.75 Å². The van der Waals surface area contributed by atoms with E-state index in [1.54, 1.807) is 20.1 Å². The summed E-state index contributed by atoms with van der Waals surface area (Å²) in [5.41, 5.74) is 1.90. The molecular weight excluding hydrogens is 332 g/mol. The number of para-hydroxylation sites is 2. The third kappa shape index (κ3) is 3.66. The summed E-state index contributed by atoms with van der Waals surface area (Å²) in [6.45, 7) is 1.94. The van der Waals surface area contributed by atoms with E-state index >= 15 is 0 Å². The molecule has 3 N–H and O–H groups in total. The Balaban J connectivity index is 1.61. The zero-order valence-electron chi connectivity index (χ0n) is 14.6. The Morgan fingerprint density at radius 2 is 1.88 bits per heavy atom. The van der Waals surface area contributed by atoms with Gasteiger partial charge in [0.15, 0.2) is 5.69 Å². The molecule has 1 atom stereocenters. The molecule has 0 aliphatic rings. The van der Waals surface area contributed by atoms with Gasteiger partial charge in [-0.2, -0.15) is 5.10 Å². The van der Waals surface area contributed by atoms with Gasteiger partial charge in [0.2, 0.25) is 5.91 Å². The standard InChI is InChI=1S/C19H20N4O3/c1-12(18(24)20-11-13-7-3-6-10-16(13)26-2)21-19(25)17-14-8-4-5-9-15(14)22-23-17/h3-10,12H,11H2,1-2H3,(H,20,24)(H,21,25)(H,22,23). The normalized spacial score (nSPS) is 11.8. The molecular formula is C19H20N4O3. The van der Waals surface area contributed by atoms with Crippen molar-refractivity contribution in [1.29, 1.82) is 0 Å². The largest absolute Gasteiger partial charge is 0.496 e. The first-order chi connectivity index (χ1) is 12.6. The Morgan fingerprint density at radius 1 is 1.15 bits per heavy atom. The van der Waals surface area contributed by atoms with Crippen molar-refractivity contribution in [3.63, 3.8) is 0 Å². The Hall–Kier alpha value is -3.35. The van der Waals surface area contributed by atoms with Gasteiger partial charge in [-0.25, -0.2) is 0 Å². The second kappa shape index (κ2) is 7.69. The van der Waals surface area contributed by atoms with Gasteiger partial charge < -0.3 is 15.4 Å². The lowest BCUT2D eigenvalue weighted by Crippen LogP contribution is -2.44. The number of aromatic nitrogens is 2. The van der Waals surface area contributed by atoms with Crippen molar-refractivity contribution in [2.45, 2.75) is 19.5 Å². The number of fused-ring (bicyclic) bond motifs is 1. The maximum atomic E-state index is 12.4. The van der Waals surface area contributed by atoms with Crippen LogP contribution in [0.15, 0.2) is 48.5 Å². The number of carbonyl (C=O) groups is 2. The van der Waals surface area contributed by atoms with Crippen LogP contribution in [0.25, 0.3) is 10.9 Å². The number of H-pyrrole nitrogens is 1. The van der Waals surface area contributed by atoms with Crippen molar-refractivity contribution in [3.05, 3.63) is 59.8 Å². The van der Waals surface area contributed by atoms with Crippen molar-refractivity contribution in [1.82, 2.24) is 20.8 Å². The average molecular weight is 352 g/mol. The van der Waals surface area contributed by atoms with Crippen molar-refractivity contribution in [2.75, 3.05) is 7.11 Å². The minimum Gasteiger partial charge on any atom is -0.496 e. The predicted octanol–water partition coefficient (Wildman–Crippen LogP) is 2.01. The molecule has 3 aromatic rings.